The lowest BCUT2D eigenvalue weighted by molar-refractivity contribution is -0.100. The van der Waals surface area contributed by atoms with Crippen LogP contribution in [0.5, 0.6) is 5.75 Å². The van der Waals surface area contributed by atoms with Crippen LogP contribution in [-0.2, 0) is 13.0 Å². The number of hydrogen-bond donors (Lipinski definition) is 2. The van der Waals surface area contributed by atoms with Crippen molar-refractivity contribution in [1.82, 2.24) is 9.78 Å². The van der Waals surface area contributed by atoms with Crippen LogP contribution in [0.3, 0.4) is 0 Å². The fourth-order valence-corrected chi connectivity index (χ4v) is 4.76. The molecule has 0 saturated carbocycles. The number of methoxy groups -OCH3 is 1. The molecule has 5 unspecified atom stereocenters. The van der Waals surface area contributed by atoms with Crippen molar-refractivity contribution < 1.29 is 23.7 Å². The van der Waals surface area contributed by atoms with E-state index in [1.807, 2.05) is 39.8 Å². The monoisotopic (exact) mass is 567 g/mol. The lowest BCUT2D eigenvalue weighted by atomic mass is 9.83. The SMILES string of the molecule is CC=CC=NC1=C(C(O)C(CC)Cc2cn(CC(O)C(C)(F)F)nc2-c2cc(C#N)ccc2OC)C=NC(C)C1C. The highest BCUT2D eigenvalue weighted by Gasteiger charge is 2.34. The van der Waals surface area contributed by atoms with Gasteiger partial charge in [0, 0.05) is 42.6 Å². The molecule has 0 spiro atoms. The van der Waals surface area contributed by atoms with Crippen LogP contribution in [0.15, 0.2) is 57.8 Å². The number of nitrogens with zero attached hydrogens (tertiary/aromatic N) is 5. The average Bonchev–Trinajstić information content (AvgIpc) is 3.34. The van der Waals surface area contributed by atoms with Crippen molar-refractivity contribution in [3.63, 3.8) is 0 Å². The van der Waals surface area contributed by atoms with Crippen molar-refractivity contribution in [2.45, 2.75) is 78.2 Å². The first kappa shape index (κ1) is 31.8. The molecular formula is C31H39F2N5O3. The minimum Gasteiger partial charge on any atom is -0.496 e. The summed E-state index contributed by atoms with van der Waals surface area (Å²) in [6, 6.07) is 7.01. The Labute approximate surface area is 240 Å². The van der Waals surface area contributed by atoms with Crippen LogP contribution in [-0.4, -0.2) is 63.7 Å². The highest BCUT2D eigenvalue weighted by molar-refractivity contribution is 5.84. The Hall–Kier alpha value is -3.68. The van der Waals surface area contributed by atoms with Crippen molar-refractivity contribution in [3.8, 4) is 23.1 Å². The molecule has 2 aromatic rings. The summed E-state index contributed by atoms with van der Waals surface area (Å²) >= 11 is 0. The van der Waals surface area contributed by atoms with Crippen LogP contribution in [0.4, 0.5) is 8.78 Å². The van der Waals surface area contributed by atoms with E-state index in [1.54, 1.807) is 36.8 Å². The first-order valence-electron chi connectivity index (χ1n) is 13.8. The van der Waals surface area contributed by atoms with Crippen LogP contribution in [0.2, 0.25) is 0 Å². The van der Waals surface area contributed by atoms with Crippen molar-refractivity contribution in [1.29, 1.82) is 5.26 Å². The van der Waals surface area contributed by atoms with Gasteiger partial charge in [0.1, 0.15) is 11.9 Å². The van der Waals surface area contributed by atoms with Gasteiger partial charge in [-0.2, -0.15) is 10.4 Å². The fraction of sp³-hybridized carbons (Fsp3) is 0.484. The third-order valence-corrected chi connectivity index (χ3v) is 7.53. The molecule has 0 bridgehead atoms. The molecule has 2 heterocycles. The molecule has 5 atom stereocenters. The number of aliphatic hydroxyl groups is 2. The topological polar surface area (TPSA) is 116 Å². The van der Waals surface area contributed by atoms with Gasteiger partial charge in [0.2, 0.25) is 0 Å². The molecule has 10 heteroatoms. The van der Waals surface area contributed by atoms with E-state index in [4.69, 9.17) is 4.74 Å². The molecule has 0 amide bonds. The zero-order valence-electron chi connectivity index (χ0n) is 24.4. The fourth-order valence-electron chi connectivity index (χ4n) is 4.76. The van der Waals surface area contributed by atoms with Gasteiger partial charge >= 0.3 is 0 Å². The first-order valence-corrected chi connectivity index (χ1v) is 13.8. The van der Waals surface area contributed by atoms with Gasteiger partial charge in [-0.3, -0.25) is 14.7 Å². The number of dihydropyridines is 1. The molecule has 1 aromatic carbocycles. The second kappa shape index (κ2) is 13.8. The molecule has 1 aliphatic heterocycles. The minimum absolute atomic E-state index is 0.00263. The number of halogens is 2. The smallest absolute Gasteiger partial charge is 0.272 e. The molecule has 0 radical (unpaired) electrons. The molecule has 0 aliphatic carbocycles. The third kappa shape index (κ3) is 7.54. The van der Waals surface area contributed by atoms with E-state index in [1.165, 1.54) is 11.8 Å². The molecule has 1 aromatic heterocycles. The molecule has 2 N–H and O–H groups in total. The summed E-state index contributed by atoms with van der Waals surface area (Å²) in [6.45, 7) is 8.12. The second-order valence-electron chi connectivity index (χ2n) is 10.5. The number of ether oxygens (including phenoxy) is 1. The molecule has 3 rings (SSSR count). The maximum atomic E-state index is 13.8. The van der Waals surface area contributed by atoms with Crippen molar-refractivity contribution in [3.05, 3.63) is 58.9 Å². The zero-order valence-corrected chi connectivity index (χ0v) is 24.4. The predicted octanol–water partition coefficient (Wildman–Crippen LogP) is 5.39. The summed E-state index contributed by atoms with van der Waals surface area (Å²) in [7, 11) is 1.49. The van der Waals surface area contributed by atoms with Crippen LogP contribution in [0.25, 0.3) is 11.3 Å². The summed E-state index contributed by atoms with van der Waals surface area (Å²) in [5.74, 6) is -3.17. The molecule has 8 nitrogen and oxygen atoms in total. The zero-order chi connectivity index (χ0) is 30.3. The van der Waals surface area contributed by atoms with Crippen LogP contribution in [0, 0.1) is 23.2 Å². The number of rotatable bonds is 12. The van der Waals surface area contributed by atoms with Crippen LogP contribution < -0.4 is 4.74 Å². The Morgan fingerprint density at radius 1 is 1.29 bits per heavy atom. The lowest BCUT2D eigenvalue weighted by Gasteiger charge is -2.29. The van der Waals surface area contributed by atoms with E-state index in [-0.39, 0.29) is 17.9 Å². The Balaban J connectivity index is 2.09. The average molecular weight is 568 g/mol. The number of benzene rings is 1. The van der Waals surface area contributed by atoms with Gasteiger partial charge in [0.25, 0.3) is 5.92 Å². The molecular weight excluding hydrogens is 528 g/mol. The van der Waals surface area contributed by atoms with E-state index in [9.17, 15) is 24.3 Å². The number of aliphatic hydroxyl groups excluding tert-OH is 2. The quantitative estimate of drug-likeness (QED) is 0.334. The summed E-state index contributed by atoms with van der Waals surface area (Å²) in [6.07, 6.45) is 6.77. The van der Waals surface area contributed by atoms with Gasteiger partial charge in [-0.1, -0.05) is 26.3 Å². The molecule has 0 saturated heterocycles. The Morgan fingerprint density at radius 3 is 2.63 bits per heavy atom. The van der Waals surface area contributed by atoms with Crippen LogP contribution >= 0.6 is 0 Å². The van der Waals surface area contributed by atoms with Crippen molar-refractivity contribution >= 4 is 12.4 Å². The number of allylic oxidation sites excluding steroid dienone is 2. The summed E-state index contributed by atoms with van der Waals surface area (Å²) < 4.78 is 34.5. The van der Waals surface area contributed by atoms with Gasteiger partial charge in [-0.15, -0.1) is 0 Å². The maximum absolute atomic E-state index is 13.8. The third-order valence-electron chi connectivity index (χ3n) is 7.53. The summed E-state index contributed by atoms with van der Waals surface area (Å²) in [4.78, 5) is 9.24. The maximum Gasteiger partial charge on any atom is 0.272 e. The molecule has 1 aliphatic rings. The van der Waals surface area contributed by atoms with Crippen molar-refractivity contribution in [2.24, 2.45) is 21.8 Å². The molecule has 0 fully saturated rings. The Kier molecular flexibility index (Phi) is 10.7. The van der Waals surface area contributed by atoms with Gasteiger partial charge in [0.15, 0.2) is 0 Å². The second-order valence-corrected chi connectivity index (χ2v) is 10.5. The van der Waals surface area contributed by atoms with Gasteiger partial charge in [-0.25, -0.2) is 8.78 Å². The van der Waals surface area contributed by atoms with E-state index < -0.39 is 24.7 Å². The van der Waals surface area contributed by atoms with Gasteiger partial charge < -0.3 is 14.9 Å². The van der Waals surface area contributed by atoms with Gasteiger partial charge in [0.05, 0.1) is 48.8 Å². The Bertz CT molecular complexity index is 1370. The highest BCUT2D eigenvalue weighted by atomic mass is 19.3. The van der Waals surface area contributed by atoms with Crippen LogP contribution in [0.1, 0.15) is 52.2 Å². The standard InChI is InChI=1S/C31H39F2N5O3/c1-7-9-12-35-28-19(3)20(4)36-16-25(28)30(40)22(8-2)14-23-17-38(18-27(39)31(5,32)33)37-29(23)24-13-21(15-34)10-11-26(24)41-6/h7,9-13,16-17,19-20,22,27,30,39-40H,8,14,18H2,1-6H3. The van der Waals surface area contributed by atoms with E-state index >= 15 is 0 Å². The predicted molar refractivity (Wildman–Crippen MR) is 156 cm³/mol. The largest absolute Gasteiger partial charge is 0.496 e. The highest BCUT2D eigenvalue weighted by Crippen LogP contribution is 2.36. The summed E-state index contributed by atoms with van der Waals surface area (Å²) in [5.41, 5.74) is 3.38. The first-order chi connectivity index (χ1) is 19.4. The Morgan fingerprint density at radius 2 is 2.02 bits per heavy atom. The van der Waals surface area contributed by atoms with E-state index in [0.29, 0.717) is 53.5 Å². The minimum atomic E-state index is -3.32. The number of hydrogen-bond acceptors (Lipinski definition) is 7. The summed E-state index contributed by atoms with van der Waals surface area (Å²) in [5, 5.41) is 35.8. The molecule has 41 heavy (non-hydrogen) atoms. The normalized spacial score (nSPS) is 20.0. The van der Waals surface area contributed by atoms with E-state index in [0.717, 1.165) is 5.70 Å². The molecule has 220 valence electrons. The van der Waals surface area contributed by atoms with E-state index in [2.05, 4.69) is 21.2 Å². The number of aliphatic imine (C=N–C) groups is 2. The van der Waals surface area contributed by atoms with Crippen molar-refractivity contribution in [2.75, 3.05) is 7.11 Å². The number of nitriles is 1. The number of aromatic nitrogens is 2. The van der Waals surface area contributed by atoms with Gasteiger partial charge in [-0.05, 0) is 56.0 Å². The number of alkyl halides is 2. The lowest BCUT2D eigenvalue weighted by Crippen LogP contribution is -2.34.